The van der Waals surface area contributed by atoms with Crippen LogP contribution >= 0.6 is 0 Å². The zero-order chi connectivity index (χ0) is 30.5. The number of carboxylic acid groups (broad SMARTS) is 1. The zero-order valence-electron chi connectivity index (χ0n) is 22.5. The van der Waals surface area contributed by atoms with Gasteiger partial charge < -0.3 is 23.7 Å². The fraction of sp³-hybridized carbons (Fsp3) is 0.448. The van der Waals surface area contributed by atoms with Gasteiger partial charge in [-0.25, -0.2) is 9.78 Å². The Bertz CT molecular complexity index is 1340. The second kappa shape index (κ2) is 13.3. The SMILES string of the molecule is Cc1oc(-c2cccc(C(F)(F)F)c2)nc1CO[C@H]1CCC[C@@H](OC[C@@H](OCc2ccc(C(F)(F)F)cc2)C(=O)O)C1. The van der Waals surface area contributed by atoms with Crippen LogP contribution in [0.1, 0.15) is 53.8 Å². The minimum absolute atomic E-state index is 0.0538. The number of carboxylic acids is 1. The molecule has 3 aromatic rings. The van der Waals surface area contributed by atoms with Crippen molar-refractivity contribution in [3.05, 3.63) is 76.7 Å². The van der Waals surface area contributed by atoms with Crippen LogP contribution in [-0.4, -0.2) is 41.0 Å². The van der Waals surface area contributed by atoms with Crippen LogP contribution in [0.15, 0.2) is 52.9 Å². The first-order chi connectivity index (χ1) is 19.8. The highest BCUT2D eigenvalue weighted by molar-refractivity contribution is 5.72. The maximum Gasteiger partial charge on any atom is 0.416 e. The van der Waals surface area contributed by atoms with Gasteiger partial charge in [-0.15, -0.1) is 0 Å². The lowest BCUT2D eigenvalue weighted by Gasteiger charge is -2.29. The van der Waals surface area contributed by atoms with Crippen LogP contribution < -0.4 is 0 Å². The van der Waals surface area contributed by atoms with Crippen LogP contribution in [0.4, 0.5) is 26.3 Å². The summed E-state index contributed by atoms with van der Waals surface area (Å²) in [6.07, 6.45) is -8.19. The number of hydrogen-bond donors (Lipinski definition) is 1. The van der Waals surface area contributed by atoms with Crippen molar-refractivity contribution in [1.82, 2.24) is 4.98 Å². The summed E-state index contributed by atoms with van der Waals surface area (Å²) in [4.78, 5) is 16.0. The molecule has 2 aromatic carbocycles. The van der Waals surface area contributed by atoms with E-state index in [2.05, 4.69) is 4.98 Å². The predicted molar refractivity (Wildman–Crippen MR) is 136 cm³/mol. The Morgan fingerprint density at radius 3 is 2.29 bits per heavy atom. The van der Waals surface area contributed by atoms with E-state index < -0.39 is 35.6 Å². The number of nitrogens with zero attached hydrogens (tertiary/aromatic N) is 1. The Morgan fingerprint density at radius 2 is 1.64 bits per heavy atom. The number of hydrogen-bond acceptors (Lipinski definition) is 6. The van der Waals surface area contributed by atoms with Gasteiger partial charge in [0.2, 0.25) is 5.89 Å². The lowest BCUT2D eigenvalue weighted by Crippen LogP contribution is -2.34. The molecule has 0 radical (unpaired) electrons. The normalized spacial score (nSPS) is 18.6. The third kappa shape index (κ3) is 8.55. The molecule has 0 spiro atoms. The quantitative estimate of drug-likeness (QED) is 0.233. The molecule has 1 heterocycles. The van der Waals surface area contributed by atoms with Gasteiger partial charge in [0.05, 0.1) is 43.2 Å². The first kappa shape index (κ1) is 31.5. The second-order valence-electron chi connectivity index (χ2n) is 9.99. The molecule has 1 aromatic heterocycles. The van der Waals surface area contributed by atoms with Crippen molar-refractivity contribution in [2.45, 2.75) is 76.5 Å². The van der Waals surface area contributed by atoms with E-state index in [0.717, 1.165) is 37.1 Å². The Kier molecular flexibility index (Phi) is 9.95. The first-order valence-electron chi connectivity index (χ1n) is 13.2. The Hall–Kier alpha value is -3.42. The largest absolute Gasteiger partial charge is 0.479 e. The summed E-state index contributed by atoms with van der Waals surface area (Å²) in [5, 5.41) is 9.51. The molecule has 1 saturated carbocycles. The molecule has 13 heteroatoms. The number of aromatic nitrogens is 1. The molecule has 1 fully saturated rings. The molecular formula is C29H29F6NO6. The topological polar surface area (TPSA) is 91.0 Å². The van der Waals surface area contributed by atoms with Gasteiger partial charge in [-0.1, -0.05) is 18.2 Å². The van der Waals surface area contributed by atoms with Gasteiger partial charge in [-0.05, 0) is 68.5 Å². The monoisotopic (exact) mass is 601 g/mol. The summed E-state index contributed by atoms with van der Waals surface area (Å²) in [5.74, 6) is -0.790. The highest BCUT2D eigenvalue weighted by Crippen LogP contribution is 2.33. The van der Waals surface area contributed by atoms with E-state index in [4.69, 9.17) is 18.6 Å². The van der Waals surface area contributed by atoms with Gasteiger partial charge in [0.15, 0.2) is 6.10 Å². The van der Waals surface area contributed by atoms with Crippen LogP contribution in [0, 0.1) is 6.92 Å². The molecule has 0 bridgehead atoms. The zero-order valence-corrected chi connectivity index (χ0v) is 22.5. The Morgan fingerprint density at radius 1 is 0.976 bits per heavy atom. The van der Waals surface area contributed by atoms with E-state index in [-0.39, 0.29) is 43.5 Å². The van der Waals surface area contributed by atoms with Gasteiger partial charge in [-0.2, -0.15) is 26.3 Å². The molecule has 0 unspecified atom stereocenters. The van der Waals surface area contributed by atoms with Crippen LogP contribution in [0.2, 0.25) is 0 Å². The number of aliphatic carboxylic acids is 1. The van der Waals surface area contributed by atoms with Crippen LogP contribution in [0.3, 0.4) is 0 Å². The molecule has 1 aliphatic carbocycles. The summed E-state index contributed by atoms with van der Waals surface area (Å²) in [6, 6.07) is 8.96. The third-order valence-corrected chi connectivity index (χ3v) is 6.85. The number of alkyl halides is 6. The molecule has 1 N–H and O–H groups in total. The van der Waals surface area contributed by atoms with E-state index in [9.17, 15) is 36.2 Å². The van der Waals surface area contributed by atoms with Crippen LogP contribution in [0.5, 0.6) is 0 Å². The van der Waals surface area contributed by atoms with Crippen LogP contribution in [-0.2, 0) is 44.6 Å². The molecule has 1 aliphatic rings. The molecular weight excluding hydrogens is 572 g/mol. The van der Waals surface area contributed by atoms with E-state index in [1.54, 1.807) is 6.92 Å². The minimum Gasteiger partial charge on any atom is -0.479 e. The second-order valence-corrected chi connectivity index (χ2v) is 9.99. The van der Waals surface area contributed by atoms with Crippen molar-refractivity contribution in [2.75, 3.05) is 6.61 Å². The average molecular weight is 602 g/mol. The van der Waals surface area contributed by atoms with Crippen LogP contribution in [0.25, 0.3) is 11.5 Å². The van der Waals surface area contributed by atoms with Gasteiger partial charge in [0.1, 0.15) is 11.5 Å². The van der Waals surface area contributed by atoms with Gasteiger partial charge in [0.25, 0.3) is 0 Å². The minimum atomic E-state index is -4.49. The van der Waals surface area contributed by atoms with Gasteiger partial charge in [-0.3, -0.25) is 0 Å². The molecule has 3 atom stereocenters. The first-order valence-corrected chi connectivity index (χ1v) is 13.2. The predicted octanol–water partition coefficient (Wildman–Crippen LogP) is 7.20. The summed E-state index contributed by atoms with van der Waals surface area (Å²) < 4.78 is 100. The van der Waals surface area contributed by atoms with Crippen molar-refractivity contribution in [2.24, 2.45) is 0 Å². The summed E-state index contributed by atoms with van der Waals surface area (Å²) in [5.41, 5.74) is -0.586. The standard InChI is InChI=1S/C29H29F6NO6/c1-17-24(36-26(42-17)19-4-2-5-21(12-19)29(33,34)35)15-39-22-6-3-7-23(13-22)40-16-25(27(37)38)41-14-18-8-10-20(11-9-18)28(30,31)32/h2,4-5,8-12,22-23,25H,3,6-7,13-16H2,1H3,(H,37,38)/t22-,23+,25+/m0/s1. The Labute approximate surface area is 237 Å². The molecule has 0 aliphatic heterocycles. The van der Waals surface area contributed by atoms with E-state index >= 15 is 0 Å². The molecule has 228 valence electrons. The number of aryl methyl sites for hydroxylation is 1. The number of benzene rings is 2. The van der Waals surface area contributed by atoms with E-state index in [1.807, 2.05) is 0 Å². The number of rotatable bonds is 11. The van der Waals surface area contributed by atoms with Crippen molar-refractivity contribution >= 4 is 5.97 Å². The molecule has 4 rings (SSSR count). The van der Waals surface area contributed by atoms with E-state index in [1.165, 1.54) is 24.3 Å². The fourth-order valence-corrected chi connectivity index (χ4v) is 4.52. The Balaban J connectivity index is 1.27. The summed E-state index contributed by atoms with van der Waals surface area (Å²) >= 11 is 0. The van der Waals surface area contributed by atoms with E-state index in [0.29, 0.717) is 29.9 Å². The third-order valence-electron chi connectivity index (χ3n) is 6.85. The summed E-state index contributed by atoms with van der Waals surface area (Å²) in [7, 11) is 0. The highest BCUT2D eigenvalue weighted by atomic mass is 19.4. The molecule has 0 saturated heterocycles. The summed E-state index contributed by atoms with van der Waals surface area (Å²) in [6.45, 7) is 1.26. The van der Waals surface area contributed by atoms with Crippen molar-refractivity contribution in [3.8, 4) is 11.5 Å². The lowest BCUT2D eigenvalue weighted by atomic mass is 9.95. The average Bonchev–Trinajstić information content (AvgIpc) is 3.31. The number of oxazole rings is 1. The van der Waals surface area contributed by atoms with Crippen molar-refractivity contribution in [3.63, 3.8) is 0 Å². The highest BCUT2D eigenvalue weighted by Gasteiger charge is 2.32. The number of halogens is 6. The lowest BCUT2D eigenvalue weighted by molar-refractivity contribution is -0.159. The number of carbonyl (C=O) groups is 1. The number of ether oxygens (including phenoxy) is 3. The molecule has 7 nitrogen and oxygen atoms in total. The maximum atomic E-state index is 13.1. The van der Waals surface area contributed by atoms with Crippen molar-refractivity contribution in [1.29, 1.82) is 0 Å². The smallest absolute Gasteiger partial charge is 0.416 e. The van der Waals surface area contributed by atoms with Gasteiger partial charge in [0, 0.05) is 5.56 Å². The molecule has 42 heavy (non-hydrogen) atoms. The maximum absolute atomic E-state index is 13.1. The molecule has 0 amide bonds. The van der Waals surface area contributed by atoms with Crippen molar-refractivity contribution < 1.29 is 54.9 Å². The fourth-order valence-electron chi connectivity index (χ4n) is 4.52. The van der Waals surface area contributed by atoms with Gasteiger partial charge >= 0.3 is 18.3 Å².